The summed E-state index contributed by atoms with van der Waals surface area (Å²) in [6, 6.07) is 8.55. The number of ether oxygens (including phenoxy) is 1. The molecule has 0 aliphatic rings. The molecule has 0 unspecified atom stereocenters. The number of hydrogen-bond acceptors (Lipinski definition) is 9. The lowest BCUT2D eigenvalue weighted by molar-refractivity contribution is -0.137. The fraction of sp³-hybridized carbons (Fsp3) is 0.381. The van der Waals surface area contributed by atoms with Crippen molar-refractivity contribution in [3.8, 4) is 5.75 Å². The number of fused-ring (bicyclic) bond motifs is 1. The molecule has 2 heterocycles. The number of halogens is 1. The van der Waals surface area contributed by atoms with Crippen molar-refractivity contribution in [3.63, 3.8) is 0 Å². The van der Waals surface area contributed by atoms with Gasteiger partial charge >= 0.3 is 11.7 Å². The summed E-state index contributed by atoms with van der Waals surface area (Å²) in [5.41, 5.74) is 5.38. The Balaban J connectivity index is 0.000000414. The number of aliphatic hydroxyl groups excluding tert-OH is 3. The zero-order valence-electron chi connectivity index (χ0n) is 17.8. The van der Waals surface area contributed by atoms with Crippen LogP contribution in [0, 0.1) is 0 Å². The minimum absolute atomic E-state index is 0.00202. The molecule has 0 saturated heterocycles. The zero-order valence-corrected chi connectivity index (χ0v) is 18.6. The number of hydrogen-bond donors (Lipinski definition) is 5. The fourth-order valence-corrected chi connectivity index (χ4v) is 2.79. The molecule has 33 heavy (non-hydrogen) atoms. The van der Waals surface area contributed by atoms with Crippen molar-refractivity contribution in [2.24, 2.45) is 5.73 Å². The Bertz CT molecular complexity index is 1100. The molecule has 0 aliphatic heterocycles. The second kappa shape index (κ2) is 11.8. The Hall–Kier alpha value is -2.96. The van der Waals surface area contributed by atoms with E-state index in [1.165, 1.54) is 16.7 Å². The van der Waals surface area contributed by atoms with Crippen molar-refractivity contribution < 1.29 is 34.4 Å². The molecule has 2 aromatic heterocycles. The van der Waals surface area contributed by atoms with Crippen LogP contribution in [0.1, 0.15) is 25.1 Å². The maximum Gasteiger partial charge on any atom is 0.419 e. The molecule has 6 N–H and O–H groups in total. The maximum atomic E-state index is 11.9. The van der Waals surface area contributed by atoms with Gasteiger partial charge in [-0.1, -0.05) is 17.7 Å². The van der Waals surface area contributed by atoms with Crippen molar-refractivity contribution in [2.45, 2.75) is 31.5 Å². The van der Waals surface area contributed by atoms with Crippen molar-refractivity contribution in [3.05, 3.63) is 57.8 Å². The van der Waals surface area contributed by atoms with E-state index in [-0.39, 0.29) is 24.7 Å². The smallest absolute Gasteiger partial charge is 0.419 e. The number of pyridine rings is 1. The first kappa shape index (κ1) is 26.3. The second-order valence-corrected chi connectivity index (χ2v) is 7.67. The first-order chi connectivity index (χ1) is 15.6. The molecular weight excluding hydrogens is 458 g/mol. The number of nitrogens with two attached hydrogens (primary N) is 1. The molecule has 3 aromatic rings. The van der Waals surface area contributed by atoms with E-state index in [0.717, 1.165) is 5.69 Å². The molecular formula is C21H26ClN3O8. The number of carboxylic acid groups (broad SMARTS) is 1. The third-order valence-corrected chi connectivity index (χ3v) is 4.92. The van der Waals surface area contributed by atoms with Gasteiger partial charge in [-0.15, -0.1) is 0 Å². The molecule has 3 rings (SSSR count). The highest BCUT2D eigenvalue weighted by molar-refractivity contribution is 6.32. The number of aliphatic hydroxyl groups is 3. The molecule has 0 radical (unpaired) electrons. The van der Waals surface area contributed by atoms with E-state index in [0.29, 0.717) is 16.3 Å². The standard InChI is InChI=1S/C17H15ClN2O5.C4H11NO3/c1-10(12-4-2-3-6-19-12)24-14-9-15-13(8-11(14)18)20(17(23)25-15)7-5-16(21)22;5-4(1-6,2-7)3-8/h2-4,6,8-10H,5,7H2,1H3,(H,21,22);6-8H,1-3,5H2/t10-;/m0./s1. The highest BCUT2D eigenvalue weighted by atomic mass is 35.5. The summed E-state index contributed by atoms with van der Waals surface area (Å²) in [7, 11) is 0. The monoisotopic (exact) mass is 483 g/mol. The Labute approximate surface area is 193 Å². The van der Waals surface area contributed by atoms with Crippen LogP contribution in [-0.2, 0) is 11.3 Å². The van der Waals surface area contributed by atoms with Gasteiger partial charge in [0.05, 0.1) is 48.0 Å². The van der Waals surface area contributed by atoms with Gasteiger partial charge in [0.25, 0.3) is 0 Å². The Morgan fingerprint density at radius 2 is 1.94 bits per heavy atom. The largest absolute Gasteiger partial charge is 0.483 e. The lowest BCUT2D eigenvalue weighted by Gasteiger charge is -2.20. The van der Waals surface area contributed by atoms with Gasteiger partial charge in [-0.05, 0) is 25.1 Å². The van der Waals surface area contributed by atoms with Crippen LogP contribution in [-0.4, -0.2) is 61.3 Å². The summed E-state index contributed by atoms with van der Waals surface area (Å²) in [6.07, 6.45) is 1.12. The van der Waals surface area contributed by atoms with Crippen LogP contribution < -0.4 is 16.2 Å². The molecule has 0 bridgehead atoms. The number of carboxylic acids is 1. The normalized spacial score (nSPS) is 12.2. The first-order valence-corrected chi connectivity index (χ1v) is 10.3. The van der Waals surface area contributed by atoms with Crippen LogP contribution in [0.4, 0.5) is 0 Å². The Morgan fingerprint density at radius 3 is 2.45 bits per heavy atom. The van der Waals surface area contributed by atoms with E-state index in [1.807, 2.05) is 25.1 Å². The van der Waals surface area contributed by atoms with Crippen LogP contribution in [0.3, 0.4) is 0 Å². The van der Waals surface area contributed by atoms with E-state index in [9.17, 15) is 9.59 Å². The van der Waals surface area contributed by atoms with Crippen molar-refractivity contribution in [1.82, 2.24) is 9.55 Å². The number of aliphatic carboxylic acids is 1. The summed E-state index contributed by atoms with van der Waals surface area (Å²) in [5.74, 6) is -1.29. The molecule has 12 heteroatoms. The Kier molecular flexibility index (Phi) is 9.38. The Morgan fingerprint density at radius 1 is 1.27 bits per heavy atom. The van der Waals surface area contributed by atoms with E-state index in [2.05, 4.69) is 4.98 Å². The van der Waals surface area contributed by atoms with Crippen LogP contribution in [0.2, 0.25) is 5.02 Å². The van der Waals surface area contributed by atoms with Gasteiger partial charge in [0, 0.05) is 18.8 Å². The maximum absolute atomic E-state index is 11.9. The number of aryl methyl sites for hydroxylation is 1. The van der Waals surface area contributed by atoms with Crippen molar-refractivity contribution in [2.75, 3.05) is 19.8 Å². The van der Waals surface area contributed by atoms with Gasteiger partial charge in [0.1, 0.15) is 11.9 Å². The van der Waals surface area contributed by atoms with Crippen LogP contribution in [0.15, 0.2) is 45.7 Å². The lowest BCUT2D eigenvalue weighted by atomic mass is 10.1. The summed E-state index contributed by atoms with van der Waals surface area (Å²) >= 11 is 6.26. The van der Waals surface area contributed by atoms with Crippen molar-refractivity contribution >= 4 is 28.7 Å². The molecule has 0 spiro atoms. The van der Waals surface area contributed by atoms with Gasteiger partial charge in [-0.2, -0.15) is 0 Å². The molecule has 1 aromatic carbocycles. The van der Waals surface area contributed by atoms with E-state index in [1.54, 1.807) is 6.20 Å². The predicted octanol–water partition coefficient (Wildman–Crippen LogP) is 0.918. The van der Waals surface area contributed by atoms with Crippen molar-refractivity contribution in [1.29, 1.82) is 0 Å². The molecule has 0 amide bonds. The van der Waals surface area contributed by atoms with E-state index in [4.69, 9.17) is 46.9 Å². The number of rotatable bonds is 9. The molecule has 1 atom stereocenters. The van der Waals surface area contributed by atoms with Crippen LogP contribution in [0.25, 0.3) is 11.1 Å². The topological polar surface area (TPSA) is 181 Å². The molecule has 180 valence electrons. The van der Waals surface area contributed by atoms with Gasteiger partial charge in [0.2, 0.25) is 0 Å². The third-order valence-electron chi connectivity index (χ3n) is 4.62. The number of benzene rings is 1. The first-order valence-electron chi connectivity index (χ1n) is 9.88. The quantitative estimate of drug-likeness (QED) is 0.293. The van der Waals surface area contributed by atoms with Gasteiger partial charge < -0.3 is 35.3 Å². The summed E-state index contributed by atoms with van der Waals surface area (Å²) in [5, 5.41) is 34.1. The van der Waals surface area contributed by atoms with Crippen LogP contribution >= 0.6 is 11.6 Å². The summed E-state index contributed by atoms with van der Waals surface area (Å²) in [6.45, 7) is 0.624. The summed E-state index contributed by atoms with van der Waals surface area (Å²) in [4.78, 5) is 26.9. The number of aromatic nitrogens is 2. The van der Waals surface area contributed by atoms with Crippen LogP contribution in [0.5, 0.6) is 5.75 Å². The highest BCUT2D eigenvalue weighted by Gasteiger charge is 2.21. The third kappa shape index (κ3) is 7.01. The predicted molar refractivity (Wildman–Crippen MR) is 119 cm³/mol. The highest BCUT2D eigenvalue weighted by Crippen LogP contribution is 2.32. The van der Waals surface area contributed by atoms with Gasteiger partial charge in [0.15, 0.2) is 5.58 Å². The molecule has 0 saturated carbocycles. The lowest BCUT2D eigenvalue weighted by Crippen LogP contribution is -2.50. The average Bonchev–Trinajstić information content (AvgIpc) is 3.11. The minimum atomic E-state index is -1.21. The fourth-order valence-electron chi connectivity index (χ4n) is 2.59. The molecule has 0 fully saturated rings. The zero-order chi connectivity index (χ0) is 24.6. The molecule has 11 nitrogen and oxygen atoms in total. The minimum Gasteiger partial charge on any atom is -0.483 e. The van der Waals surface area contributed by atoms with Gasteiger partial charge in [-0.3, -0.25) is 14.3 Å². The number of carbonyl (C=O) groups is 1. The number of nitrogens with zero attached hydrogens (tertiary/aromatic N) is 2. The van der Waals surface area contributed by atoms with E-state index < -0.39 is 37.1 Å². The van der Waals surface area contributed by atoms with Gasteiger partial charge in [-0.25, -0.2) is 4.79 Å². The summed E-state index contributed by atoms with van der Waals surface area (Å²) < 4.78 is 12.2. The SMILES string of the molecule is C[C@H](Oc1cc2oc(=O)n(CCC(=O)O)c2cc1Cl)c1ccccn1.NC(CO)(CO)CO. The molecule has 0 aliphatic carbocycles. The van der Waals surface area contributed by atoms with E-state index >= 15 is 0 Å². The number of oxazole rings is 1. The average molecular weight is 484 g/mol. The second-order valence-electron chi connectivity index (χ2n) is 7.27.